The van der Waals surface area contributed by atoms with Gasteiger partial charge in [-0.05, 0) is 48.7 Å². The number of thiazole rings is 1. The summed E-state index contributed by atoms with van der Waals surface area (Å²) < 4.78 is 6.49. The molecule has 11 heteroatoms. The van der Waals surface area contributed by atoms with Crippen LogP contribution in [0.3, 0.4) is 0 Å². The maximum Gasteiger partial charge on any atom is 0.358 e. The number of carbonyl (C=O) groups is 3. The molecule has 1 aromatic carbocycles. The van der Waals surface area contributed by atoms with Crippen LogP contribution in [0.15, 0.2) is 59.4 Å². The Morgan fingerprint density at radius 3 is 2.61 bits per heavy atom. The van der Waals surface area contributed by atoms with E-state index in [1.165, 1.54) is 22.7 Å². The maximum atomic E-state index is 12.4. The van der Waals surface area contributed by atoms with Gasteiger partial charge in [-0.25, -0.2) is 14.5 Å². The second kappa shape index (κ2) is 10.2. The number of nitrogens with one attached hydrogen (secondary N) is 2. The molecule has 0 bridgehead atoms. The molecule has 4 rings (SSSR count). The lowest BCUT2D eigenvalue weighted by Gasteiger charge is -2.06. The second-order valence-electron chi connectivity index (χ2n) is 6.71. The summed E-state index contributed by atoms with van der Waals surface area (Å²) >= 11 is 2.62. The van der Waals surface area contributed by atoms with E-state index in [0.29, 0.717) is 21.4 Å². The van der Waals surface area contributed by atoms with Gasteiger partial charge >= 0.3 is 5.97 Å². The highest BCUT2D eigenvalue weighted by molar-refractivity contribution is 7.14. The first kappa shape index (κ1) is 22.4. The van der Waals surface area contributed by atoms with Crippen molar-refractivity contribution < 1.29 is 19.1 Å². The molecule has 3 aromatic heterocycles. The zero-order chi connectivity index (χ0) is 23.2. The number of hydrogen-bond acceptors (Lipinski definition) is 8. The van der Waals surface area contributed by atoms with E-state index < -0.39 is 5.97 Å². The minimum Gasteiger partial charge on any atom is -0.461 e. The number of benzene rings is 1. The van der Waals surface area contributed by atoms with Gasteiger partial charge in [0.15, 0.2) is 10.8 Å². The zero-order valence-corrected chi connectivity index (χ0v) is 19.1. The van der Waals surface area contributed by atoms with Gasteiger partial charge in [0.25, 0.3) is 5.91 Å². The van der Waals surface area contributed by atoms with Gasteiger partial charge in [-0.15, -0.1) is 22.7 Å². The van der Waals surface area contributed by atoms with Crippen molar-refractivity contribution in [2.24, 2.45) is 0 Å². The molecule has 0 aliphatic rings. The zero-order valence-electron chi connectivity index (χ0n) is 17.5. The molecule has 4 aromatic rings. The third-order valence-corrected chi connectivity index (χ3v) is 6.02. The summed E-state index contributed by atoms with van der Waals surface area (Å²) in [4.78, 5) is 41.1. The third-order valence-electron chi connectivity index (χ3n) is 4.35. The lowest BCUT2D eigenvalue weighted by atomic mass is 10.2. The van der Waals surface area contributed by atoms with Crippen molar-refractivity contribution in [2.75, 3.05) is 17.2 Å². The van der Waals surface area contributed by atoms with Crippen LogP contribution in [0.2, 0.25) is 0 Å². The molecular weight excluding hydrogens is 462 g/mol. The molecule has 0 atom stereocenters. The number of rotatable bonds is 8. The fraction of sp³-hybridized carbons (Fsp3) is 0.136. The molecule has 0 saturated carbocycles. The molecule has 2 N–H and O–H groups in total. The maximum absolute atomic E-state index is 12.4. The number of esters is 1. The smallest absolute Gasteiger partial charge is 0.358 e. The van der Waals surface area contributed by atoms with E-state index in [4.69, 9.17) is 4.74 Å². The summed E-state index contributed by atoms with van der Waals surface area (Å²) in [6.07, 6.45) is 1.74. The monoisotopic (exact) mass is 481 g/mol. The van der Waals surface area contributed by atoms with Gasteiger partial charge in [0.1, 0.15) is 0 Å². The largest absolute Gasteiger partial charge is 0.461 e. The van der Waals surface area contributed by atoms with Crippen LogP contribution < -0.4 is 10.6 Å². The van der Waals surface area contributed by atoms with Crippen LogP contribution in [0.25, 0.3) is 5.69 Å². The average Bonchev–Trinajstić information content (AvgIpc) is 3.57. The lowest BCUT2D eigenvalue weighted by Crippen LogP contribution is -2.15. The van der Waals surface area contributed by atoms with E-state index in [9.17, 15) is 14.4 Å². The van der Waals surface area contributed by atoms with E-state index in [0.717, 1.165) is 5.69 Å². The molecule has 168 valence electrons. The van der Waals surface area contributed by atoms with E-state index >= 15 is 0 Å². The standard InChI is InChI=1S/C22H19N5O4S2/c1-2-31-21(30)17-9-10-27(26-17)16-7-5-14(6-8-16)23-19(28)12-15-13-33-22(24-15)25-20(29)18-4-3-11-32-18/h3-11,13H,2,12H2,1H3,(H,23,28)(H,24,25,29). The van der Waals surface area contributed by atoms with Crippen molar-refractivity contribution in [3.63, 3.8) is 0 Å². The fourth-order valence-corrected chi connectivity index (χ4v) is 4.19. The van der Waals surface area contributed by atoms with Crippen molar-refractivity contribution in [1.29, 1.82) is 0 Å². The third kappa shape index (κ3) is 5.70. The Balaban J connectivity index is 1.31. The Hall–Kier alpha value is -3.83. The van der Waals surface area contributed by atoms with Crippen molar-refractivity contribution in [3.05, 3.63) is 75.7 Å². The van der Waals surface area contributed by atoms with Crippen LogP contribution in [0.4, 0.5) is 10.8 Å². The van der Waals surface area contributed by atoms with E-state index in [1.54, 1.807) is 65.6 Å². The molecule has 3 heterocycles. The Bertz CT molecular complexity index is 1260. The Kier molecular flexibility index (Phi) is 6.91. The van der Waals surface area contributed by atoms with Gasteiger partial charge < -0.3 is 10.1 Å². The minimum atomic E-state index is -0.476. The van der Waals surface area contributed by atoms with Gasteiger partial charge in [0.2, 0.25) is 5.91 Å². The minimum absolute atomic E-state index is 0.0786. The molecule has 0 radical (unpaired) electrons. The van der Waals surface area contributed by atoms with Crippen LogP contribution in [0, 0.1) is 0 Å². The highest BCUT2D eigenvalue weighted by Crippen LogP contribution is 2.19. The topological polar surface area (TPSA) is 115 Å². The Morgan fingerprint density at radius 1 is 1.06 bits per heavy atom. The SMILES string of the molecule is CCOC(=O)c1ccn(-c2ccc(NC(=O)Cc3csc(NC(=O)c4cccs4)n3)cc2)n1. The molecule has 0 aliphatic carbocycles. The summed E-state index contributed by atoms with van der Waals surface area (Å²) in [5.41, 5.74) is 2.14. The van der Waals surface area contributed by atoms with Crippen LogP contribution in [0.5, 0.6) is 0 Å². The first-order valence-electron chi connectivity index (χ1n) is 9.94. The van der Waals surface area contributed by atoms with Crippen molar-refractivity contribution in [1.82, 2.24) is 14.8 Å². The predicted molar refractivity (Wildman–Crippen MR) is 126 cm³/mol. The second-order valence-corrected chi connectivity index (χ2v) is 8.52. The van der Waals surface area contributed by atoms with E-state index in [-0.39, 0.29) is 30.5 Å². The molecule has 9 nitrogen and oxygen atoms in total. The number of carbonyl (C=O) groups excluding carboxylic acids is 3. The summed E-state index contributed by atoms with van der Waals surface area (Å²) in [6.45, 7) is 2.02. The van der Waals surface area contributed by atoms with Gasteiger partial charge in [-0.3, -0.25) is 14.9 Å². The molecule has 0 fully saturated rings. The average molecular weight is 482 g/mol. The van der Waals surface area contributed by atoms with Gasteiger partial charge in [-0.2, -0.15) is 5.10 Å². The van der Waals surface area contributed by atoms with E-state index in [1.807, 2.05) is 5.38 Å². The number of hydrogen-bond donors (Lipinski definition) is 2. The number of ether oxygens (including phenoxy) is 1. The molecule has 0 aliphatic heterocycles. The fourth-order valence-electron chi connectivity index (χ4n) is 2.86. The van der Waals surface area contributed by atoms with Crippen molar-refractivity contribution in [3.8, 4) is 5.69 Å². The van der Waals surface area contributed by atoms with E-state index in [2.05, 4.69) is 20.7 Å². The summed E-state index contributed by atoms with van der Waals surface area (Å²) in [6, 6.07) is 12.2. The van der Waals surface area contributed by atoms with Gasteiger partial charge in [-0.1, -0.05) is 6.07 Å². The Labute approximate surface area is 197 Å². The quantitative estimate of drug-likeness (QED) is 0.368. The molecule has 0 saturated heterocycles. The van der Waals surface area contributed by atoms with Crippen LogP contribution in [-0.2, 0) is 16.0 Å². The lowest BCUT2D eigenvalue weighted by molar-refractivity contribution is -0.115. The predicted octanol–water partition coefficient (Wildman–Crippen LogP) is 4.00. The first-order valence-corrected chi connectivity index (χ1v) is 11.7. The molecule has 0 unspecified atom stereocenters. The van der Waals surface area contributed by atoms with Crippen LogP contribution >= 0.6 is 22.7 Å². The first-order chi connectivity index (χ1) is 16.0. The Morgan fingerprint density at radius 2 is 1.88 bits per heavy atom. The highest BCUT2D eigenvalue weighted by Gasteiger charge is 2.13. The molecule has 0 spiro atoms. The normalized spacial score (nSPS) is 10.6. The molecule has 2 amide bonds. The number of nitrogens with zero attached hydrogens (tertiary/aromatic N) is 3. The summed E-state index contributed by atoms with van der Waals surface area (Å²) in [5.74, 6) is -0.925. The van der Waals surface area contributed by atoms with Crippen LogP contribution in [0.1, 0.15) is 32.8 Å². The summed E-state index contributed by atoms with van der Waals surface area (Å²) in [7, 11) is 0. The number of thiophene rings is 1. The number of amides is 2. The molecule has 33 heavy (non-hydrogen) atoms. The number of anilines is 2. The molecular formula is C22H19N5O4S2. The van der Waals surface area contributed by atoms with Crippen molar-refractivity contribution >= 4 is 51.3 Å². The van der Waals surface area contributed by atoms with Gasteiger partial charge in [0, 0.05) is 17.3 Å². The van der Waals surface area contributed by atoms with Crippen LogP contribution in [-0.4, -0.2) is 39.2 Å². The summed E-state index contributed by atoms with van der Waals surface area (Å²) in [5, 5.41) is 13.8. The van der Waals surface area contributed by atoms with Gasteiger partial charge in [0.05, 0.1) is 29.3 Å². The number of aromatic nitrogens is 3. The highest BCUT2D eigenvalue weighted by atomic mass is 32.1. The van der Waals surface area contributed by atoms with Crippen molar-refractivity contribution in [2.45, 2.75) is 13.3 Å².